The van der Waals surface area contributed by atoms with Gasteiger partial charge in [0.2, 0.25) is 5.82 Å². The number of carbonyl (C=O) groups is 1. The molecular formula is C28H36N6O3. The molecule has 1 saturated heterocycles. The number of phenolic OH excluding ortho intramolecular Hbond substituents is 1. The number of likely N-dealkylation sites (N-methyl/N-ethyl adjacent to an activating group) is 1. The Labute approximate surface area is 218 Å². The average Bonchev–Trinajstić information content (AvgIpc) is 3.59. The van der Waals surface area contributed by atoms with Crippen molar-refractivity contribution in [1.82, 2.24) is 29.9 Å². The third kappa shape index (κ3) is 5.47. The fourth-order valence-electron chi connectivity index (χ4n) is 4.74. The first-order valence-electron chi connectivity index (χ1n) is 13.0. The van der Waals surface area contributed by atoms with Gasteiger partial charge >= 0.3 is 0 Å². The molecule has 1 aromatic heterocycles. The van der Waals surface area contributed by atoms with Crippen molar-refractivity contribution in [3.8, 4) is 28.6 Å². The number of amides is 1. The highest BCUT2D eigenvalue weighted by Crippen LogP contribution is 2.38. The van der Waals surface area contributed by atoms with E-state index in [0.29, 0.717) is 17.1 Å². The third-order valence-corrected chi connectivity index (χ3v) is 7.19. The normalized spacial score (nSPS) is 16.8. The highest BCUT2D eigenvalue weighted by Gasteiger charge is 2.29. The average molecular weight is 505 g/mol. The van der Waals surface area contributed by atoms with Gasteiger partial charge in [-0.25, -0.2) is 0 Å². The number of aromatic nitrogens is 3. The van der Waals surface area contributed by atoms with E-state index in [1.165, 1.54) is 5.56 Å². The van der Waals surface area contributed by atoms with Crippen molar-refractivity contribution < 1.29 is 14.6 Å². The molecule has 5 rings (SSSR count). The maximum Gasteiger partial charge on any atom is 0.289 e. The van der Waals surface area contributed by atoms with E-state index < -0.39 is 0 Å². The van der Waals surface area contributed by atoms with E-state index >= 15 is 0 Å². The third-order valence-electron chi connectivity index (χ3n) is 7.19. The predicted octanol–water partition coefficient (Wildman–Crippen LogP) is 3.41. The lowest BCUT2D eigenvalue weighted by molar-refractivity contribution is 0.0938. The molecule has 0 atom stereocenters. The smallest absolute Gasteiger partial charge is 0.289 e. The van der Waals surface area contributed by atoms with Crippen molar-refractivity contribution >= 4 is 5.91 Å². The molecule has 2 aliphatic rings. The molecule has 9 heteroatoms. The summed E-state index contributed by atoms with van der Waals surface area (Å²) in [6, 6.07) is 11.8. The molecule has 0 spiro atoms. The van der Waals surface area contributed by atoms with Crippen LogP contribution in [0.5, 0.6) is 11.5 Å². The Kier molecular flexibility index (Phi) is 7.17. The molecule has 0 unspecified atom stereocenters. The van der Waals surface area contributed by atoms with Gasteiger partial charge in [-0.2, -0.15) is 0 Å². The van der Waals surface area contributed by atoms with Gasteiger partial charge < -0.3 is 20.1 Å². The van der Waals surface area contributed by atoms with Crippen molar-refractivity contribution in [3.05, 3.63) is 53.3 Å². The van der Waals surface area contributed by atoms with Crippen LogP contribution in [0.3, 0.4) is 0 Å². The topological polar surface area (TPSA) is 95.8 Å². The highest BCUT2D eigenvalue weighted by atomic mass is 16.5. The SMILES string of the molecule is COc1cc(O)c(-c2nnc(C(=O)NC3CC3)n2-c2ccc(CN3CCN(C)CC3)cc2)cc1C(C)C. The summed E-state index contributed by atoms with van der Waals surface area (Å²) in [5.74, 6) is 1.15. The number of ether oxygens (including phenoxy) is 1. The zero-order chi connectivity index (χ0) is 26.1. The lowest BCUT2D eigenvalue weighted by atomic mass is 9.98. The molecule has 3 aromatic rings. The predicted molar refractivity (Wildman–Crippen MR) is 142 cm³/mol. The van der Waals surface area contributed by atoms with Gasteiger partial charge in [0.05, 0.1) is 12.7 Å². The minimum absolute atomic E-state index is 0.0238. The van der Waals surface area contributed by atoms with Crippen molar-refractivity contribution in [2.75, 3.05) is 40.3 Å². The Morgan fingerprint density at radius 1 is 1.11 bits per heavy atom. The molecule has 2 heterocycles. The van der Waals surface area contributed by atoms with Crippen LogP contribution in [-0.2, 0) is 6.54 Å². The van der Waals surface area contributed by atoms with Gasteiger partial charge in [0, 0.05) is 50.5 Å². The second kappa shape index (κ2) is 10.5. The number of hydrogen-bond donors (Lipinski definition) is 2. The lowest BCUT2D eigenvalue weighted by Gasteiger charge is -2.32. The fourth-order valence-corrected chi connectivity index (χ4v) is 4.74. The minimum Gasteiger partial charge on any atom is -0.507 e. The van der Waals surface area contributed by atoms with Crippen LogP contribution < -0.4 is 10.1 Å². The van der Waals surface area contributed by atoms with E-state index in [-0.39, 0.29) is 29.4 Å². The Bertz CT molecular complexity index is 1260. The van der Waals surface area contributed by atoms with Gasteiger partial charge in [0.15, 0.2) is 5.82 Å². The van der Waals surface area contributed by atoms with Gasteiger partial charge in [0.25, 0.3) is 5.91 Å². The molecule has 1 amide bonds. The molecule has 37 heavy (non-hydrogen) atoms. The van der Waals surface area contributed by atoms with Crippen LogP contribution >= 0.6 is 0 Å². The van der Waals surface area contributed by atoms with Crippen LogP contribution in [0.4, 0.5) is 0 Å². The number of phenols is 1. The summed E-state index contributed by atoms with van der Waals surface area (Å²) in [5, 5.41) is 22.6. The van der Waals surface area contributed by atoms with Crippen LogP contribution in [0, 0.1) is 0 Å². The molecule has 2 fully saturated rings. The summed E-state index contributed by atoms with van der Waals surface area (Å²) in [6.07, 6.45) is 1.95. The summed E-state index contributed by atoms with van der Waals surface area (Å²) in [7, 11) is 3.75. The number of carbonyl (C=O) groups excluding carboxylic acids is 1. The number of benzene rings is 2. The second-order valence-electron chi connectivity index (χ2n) is 10.4. The van der Waals surface area contributed by atoms with E-state index in [0.717, 1.165) is 56.8 Å². The number of aromatic hydroxyl groups is 1. The van der Waals surface area contributed by atoms with E-state index in [2.05, 4.69) is 58.3 Å². The van der Waals surface area contributed by atoms with Crippen LogP contribution in [0.1, 0.15) is 54.4 Å². The zero-order valence-corrected chi connectivity index (χ0v) is 22.1. The van der Waals surface area contributed by atoms with E-state index in [1.807, 2.05) is 18.2 Å². The summed E-state index contributed by atoms with van der Waals surface area (Å²) >= 11 is 0. The summed E-state index contributed by atoms with van der Waals surface area (Å²) in [6.45, 7) is 9.27. The first kappa shape index (κ1) is 25.2. The number of rotatable bonds is 8. The molecule has 0 radical (unpaired) electrons. The van der Waals surface area contributed by atoms with Crippen LogP contribution in [0.25, 0.3) is 17.1 Å². The van der Waals surface area contributed by atoms with Crippen LogP contribution in [0.2, 0.25) is 0 Å². The number of nitrogens with zero attached hydrogens (tertiary/aromatic N) is 5. The summed E-state index contributed by atoms with van der Waals surface area (Å²) in [4.78, 5) is 17.9. The molecule has 9 nitrogen and oxygen atoms in total. The zero-order valence-electron chi connectivity index (χ0n) is 22.1. The molecule has 2 aromatic carbocycles. The van der Waals surface area contributed by atoms with E-state index in [1.54, 1.807) is 17.7 Å². The number of nitrogens with one attached hydrogen (secondary N) is 1. The molecule has 1 saturated carbocycles. The molecule has 0 bridgehead atoms. The van der Waals surface area contributed by atoms with Gasteiger partial charge in [-0.05, 0) is 55.1 Å². The molecule has 2 N–H and O–H groups in total. The lowest BCUT2D eigenvalue weighted by Crippen LogP contribution is -2.43. The van der Waals surface area contributed by atoms with E-state index in [4.69, 9.17) is 4.74 Å². The Morgan fingerprint density at radius 2 is 1.81 bits per heavy atom. The number of piperazine rings is 1. The Morgan fingerprint density at radius 3 is 2.43 bits per heavy atom. The van der Waals surface area contributed by atoms with Gasteiger partial charge in [-0.3, -0.25) is 14.3 Å². The largest absolute Gasteiger partial charge is 0.507 e. The van der Waals surface area contributed by atoms with Crippen molar-refractivity contribution in [2.45, 2.75) is 45.2 Å². The molecule has 196 valence electrons. The van der Waals surface area contributed by atoms with Crippen molar-refractivity contribution in [3.63, 3.8) is 0 Å². The maximum atomic E-state index is 13.1. The van der Waals surface area contributed by atoms with Crippen LogP contribution in [-0.4, -0.2) is 82.0 Å². The Balaban J connectivity index is 1.52. The van der Waals surface area contributed by atoms with Crippen LogP contribution in [0.15, 0.2) is 36.4 Å². The van der Waals surface area contributed by atoms with Gasteiger partial charge in [-0.15, -0.1) is 10.2 Å². The van der Waals surface area contributed by atoms with Crippen molar-refractivity contribution in [2.24, 2.45) is 0 Å². The second-order valence-corrected chi connectivity index (χ2v) is 10.4. The van der Waals surface area contributed by atoms with Gasteiger partial charge in [-0.1, -0.05) is 26.0 Å². The molecule has 1 aliphatic heterocycles. The summed E-state index contributed by atoms with van der Waals surface area (Å²) < 4.78 is 7.23. The number of hydrogen-bond acceptors (Lipinski definition) is 7. The highest BCUT2D eigenvalue weighted by molar-refractivity contribution is 5.92. The maximum absolute atomic E-state index is 13.1. The summed E-state index contributed by atoms with van der Waals surface area (Å²) in [5.41, 5.74) is 3.42. The fraction of sp³-hybridized carbons (Fsp3) is 0.464. The quantitative estimate of drug-likeness (QED) is 0.485. The van der Waals surface area contributed by atoms with Gasteiger partial charge in [0.1, 0.15) is 11.5 Å². The minimum atomic E-state index is -0.264. The first-order valence-corrected chi connectivity index (χ1v) is 13.0. The molecular weight excluding hydrogens is 468 g/mol. The molecule has 1 aliphatic carbocycles. The standard InChI is InChI=1S/C28H36N6O3/c1-18(2)22-15-23(24(35)16-25(22)37-4)26-30-31-27(28(36)29-20-7-8-20)34(26)21-9-5-19(6-10-21)17-33-13-11-32(3)12-14-33/h5-6,9-10,15-16,18,20,35H,7-8,11-14,17H2,1-4H3,(H,29,36). The Hall–Kier alpha value is -3.43. The number of methoxy groups -OCH3 is 1. The van der Waals surface area contributed by atoms with Crippen molar-refractivity contribution in [1.29, 1.82) is 0 Å². The monoisotopic (exact) mass is 504 g/mol. The first-order chi connectivity index (χ1) is 17.8. The van der Waals surface area contributed by atoms with E-state index in [9.17, 15) is 9.90 Å².